The van der Waals surface area contributed by atoms with Crippen LogP contribution < -0.4 is 5.32 Å². The standard InChI is InChI=1S/C24H44N4O2.HI/c1-6-13-27(14-7-2)23(20(3)4)18-26-24(25-5)28-15-11-21(12-16-28)30-19-22-10-8-9-17-29-22;/h6-7,20-23H,1-2,8-19H2,3-5H3,(H,25,26);1H. The van der Waals surface area contributed by atoms with Crippen LogP contribution in [0.5, 0.6) is 0 Å². The van der Waals surface area contributed by atoms with E-state index in [1.54, 1.807) is 0 Å². The molecule has 2 rings (SSSR count). The van der Waals surface area contributed by atoms with Gasteiger partial charge in [0.25, 0.3) is 0 Å². The first-order chi connectivity index (χ1) is 14.6. The molecule has 2 unspecified atom stereocenters. The predicted octanol–water partition coefficient (Wildman–Crippen LogP) is 3.93. The fraction of sp³-hybridized carbons (Fsp3) is 0.792. The highest BCUT2D eigenvalue weighted by Crippen LogP contribution is 2.18. The lowest BCUT2D eigenvalue weighted by atomic mass is 10.0. The smallest absolute Gasteiger partial charge is 0.193 e. The van der Waals surface area contributed by atoms with E-state index in [-0.39, 0.29) is 24.0 Å². The zero-order chi connectivity index (χ0) is 21.8. The molecule has 0 bridgehead atoms. The van der Waals surface area contributed by atoms with Gasteiger partial charge in [-0.05, 0) is 38.0 Å². The molecule has 0 radical (unpaired) electrons. The van der Waals surface area contributed by atoms with Gasteiger partial charge in [-0.15, -0.1) is 37.1 Å². The van der Waals surface area contributed by atoms with Crippen molar-refractivity contribution >= 4 is 29.9 Å². The van der Waals surface area contributed by atoms with Crippen LogP contribution in [0.2, 0.25) is 0 Å². The second kappa shape index (κ2) is 16.0. The fourth-order valence-electron chi connectivity index (χ4n) is 4.41. The molecule has 6 nitrogen and oxygen atoms in total. The molecule has 0 aliphatic carbocycles. The van der Waals surface area contributed by atoms with Crippen molar-refractivity contribution in [3.63, 3.8) is 0 Å². The summed E-state index contributed by atoms with van der Waals surface area (Å²) in [6.07, 6.45) is 10.3. The number of ether oxygens (including phenoxy) is 2. The van der Waals surface area contributed by atoms with Crippen molar-refractivity contribution in [1.29, 1.82) is 0 Å². The first-order valence-electron chi connectivity index (χ1n) is 11.7. The first kappa shape index (κ1) is 28.4. The number of aliphatic imine (C=N–C) groups is 1. The maximum Gasteiger partial charge on any atom is 0.193 e. The Bertz CT molecular complexity index is 520. The minimum absolute atomic E-state index is 0. The molecule has 7 heteroatoms. The van der Waals surface area contributed by atoms with Gasteiger partial charge in [0.05, 0.1) is 18.8 Å². The predicted molar refractivity (Wildman–Crippen MR) is 142 cm³/mol. The van der Waals surface area contributed by atoms with Crippen LogP contribution in [0, 0.1) is 5.92 Å². The lowest BCUT2D eigenvalue weighted by molar-refractivity contribution is -0.0721. The van der Waals surface area contributed by atoms with E-state index >= 15 is 0 Å². The van der Waals surface area contributed by atoms with Gasteiger partial charge >= 0.3 is 0 Å². The van der Waals surface area contributed by atoms with Gasteiger partial charge in [0.2, 0.25) is 0 Å². The minimum atomic E-state index is 0. The van der Waals surface area contributed by atoms with Crippen molar-refractivity contribution in [2.24, 2.45) is 10.9 Å². The highest BCUT2D eigenvalue weighted by molar-refractivity contribution is 14.0. The Hall–Kier alpha value is -0.640. The van der Waals surface area contributed by atoms with Crippen molar-refractivity contribution in [3.8, 4) is 0 Å². The van der Waals surface area contributed by atoms with Crippen LogP contribution in [0.4, 0.5) is 0 Å². The molecule has 31 heavy (non-hydrogen) atoms. The summed E-state index contributed by atoms with van der Waals surface area (Å²) >= 11 is 0. The van der Waals surface area contributed by atoms with Crippen molar-refractivity contribution in [2.45, 2.75) is 64.2 Å². The topological polar surface area (TPSA) is 49.3 Å². The lowest BCUT2D eigenvalue weighted by Crippen LogP contribution is -2.52. The van der Waals surface area contributed by atoms with Crippen LogP contribution in [0.15, 0.2) is 30.3 Å². The van der Waals surface area contributed by atoms with E-state index in [4.69, 9.17) is 9.47 Å². The summed E-state index contributed by atoms with van der Waals surface area (Å²) in [5.74, 6) is 1.52. The maximum atomic E-state index is 6.16. The summed E-state index contributed by atoms with van der Waals surface area (Å²) in [5.41, 5.74) is 0. The molecule has 1 N–H and O–H groups in total. The monoisotopic (exact) mass is 548 g/mol. The number of rotatable bonds is 11. The molecule has 2 aliphatic heterocycles. The van der Waals surface area contributed by atoms with Gasteiger partial charge in [0, 0.05) is 52.4 Å². The van der Waals surface area contributed by atoms with Crippen LogP contribution in [-0.4, -0.2) is 87.0 Å². The molecule has 2 atom stereocenters. The highest BCUT2D eigenvalue weighted by Gasteiger charge is 2.25. The third-order valence-electron chi connectivity index (χ3n) is 6.18. The van der Waals surface area contributed by atoms with E-state index in [2.05, 4.69) is 47.1 Å². The van der Waals surface area contributed by atoms with Crippen molar-refractivity contribution in [3.05, 3.63) is 25.3 Å². The molecule has 0 aromatic heterocycles. The fourth-order valence-corrected chi connectivity index (χ4v) is 4.41. The van der Waals surface area contributed by atoms with Gasteiger partial charge in [0.15, 0.2) is 5.96 Å². The van der Waals surface area contributed by atoms with E-state index < -0.39 is 0 Å². The van der Waals surface area contributed by atoms with Crippen LogP contribution in [0.1, 0.15) is 46.0 Å². The number of halogens is 1. The quantitative estimate of drug-likeness (QED) is 0.184. The number of piperidine rings is 1. The highest BCUT2D eigenvalue weighted by atomic mass is 127. The molecule has 2 fully saturated rings. The summed E-state index contributed by atoms with van der Waals surface area (Å²) in [5, 5.41) is 3.62. The van der Waals surface area contributed by atoms with E-state index in [9.17, 15) is 0 Å². The van der Waals surface area contributed by atoms with Crippen LogP contribution in [0.25, 0.3) is 0 Å². The van der Waals surface area contributed by atoms with Gasteiger partial charge in [-0.2, -0.15) is 0 Å². The molecule has 2 heterocycles. The third kappa shape index (κ3) is 9.80. The summed E-state index contributed by atoms with van der Waals surface area (Å²) in [4.78, 5) is 9.33. The molecule has 0 aromatic rings. The number of nitrogens with zero attached hydrogens (tertiary/aromatic N) is 3. The minimum Gasteiger partial charge on any atom is -0.376 e. The molecule has 0 spiro atoms. The number of guanidine groups is 1. The first-order valence-corrected chi connectivity index (χ1v) is 11.7. The SMILES string of the molecule is C=CCN(CC=C)C(CNC(=NC)N1CCC(OCC2CCCCO2)CC1)C(C)C.I. The van der Waals surface area contributed by atoms with Crippen LogP contribution in [-0.2, 0) is 9.47 Å². The largest absolute Gasteiger partial charge is 0.376 e. The van der Waals surface area contributed by atoms with Crippen LogP contribution >= 0.6 is 24.0 Å². The van der Waals surface area contributed by atoms with E-state index in [1.807, 2.05) is 19.2 Å². The number of nitrogens with one attached hydrogen (secondary N) is 1. The van der Waals surface area contributed by atoms with Gasteiger partial charge in [-0.3, -0.25) is 9.89 Å². The van der Waals surface area contributed by atoms with Gasteiger partial charge in [0.1, 0.15) is 0 Å². The Morgan fingerprint density at radius 3 is 2.39 bits per heavy atom. The van der Waals surface area contributed by atoms with Gasteiger partial charge < -0.3 is 19.7 Å². The average molecular weight is 549 g/mol. The lowest BCUT2D eigenvalue weighted by Gasteiger charge is -2.37. The van der Waals surface area contributed by atoms with Gasteiger partial charge in [-0.1, -0.05) is 26.0 Å². The second-order valence-electron chi connectivity index (χ2n) is 8.78. The van der Waals surface area contributed by atoms with Crippen molar-refractivity contribution < 1.29 is 9.47 Å². The Labute approximate surface area is 207 Å². The zero-order valence-electron chi connectivity index (χ0n) is 19.9. The van der Waals surface area contributed by atoms with E-state index in [0.29, 0.717) is 24.2 Å². The summed E-state index contributed by atoms with van der Waals surface area (Å²) in [6.45, 7) is 18.6. The molecule has 0 amide bonds. The molecule has 0 aromatic carbocycles. The summed E-state index contributed by atoms with van der Waals surface area (Å²) in [7, 11) is 1.88. The Kier molecular flexibility index (Phi) is 14.7. The van der Waals surface area contributed by atoms with E-state index in [0.717, 1.165) is 71.2 Å². The van der Waals surface area contributed by atoms with E-state index in [1.165, 1.54) is 12.8 Å². The summed E-state index contributed by atoms with van der Waals surface area (Å²) in [6, 6.07) is 0.397. The number of likely N-dealkylation sites (tertiary alicyclic amines) is 1. The second-order valence-corrected chi connectivity index (χ2v) is 8.78. The molecule has 0 saturated carbocycles. The zero-order valence-corrected chi connectivity index (χ0v) is 22.3. The normalized spacial score (nSPS) is 21.6. The molecule has 2 aliphatic rings. The Morgan fingerprint density at radius 1 is 1.19 bits per heavy atom. The maximum absolute atomic E-state index is 6.16. The molecule has 2 saturated heterocycles. The molecular formula is C24H45IN4O2. The average Bonchev–Trinajstić information content (AvgIpc) is 2.76. The van der Waals surface area contributed by atoms with Crippen molar-refractivity contribution in [1.82, 2.24) is 15.1 Å². The summed E-state index contributed by atoms with van der Waals surface area (Å²) < 4.78 is 12.0. The number of hydrogen-bond donors (Lipinski definition) is 1. The van der Waals surface area contributed by atoms with Gasteiger partial charge in [-0.25, -0.2) is 0 Å². The van der Waals surface area contributed by atoms with Crippen LogP contribution in [0.3, 0.4) is 0 Å². The third-order valence-corrected chi connectivity index (χ3v) is 6.18. The number of hydrogen-bond acceptors (Lipinski definition) is 4. The molecule has 180 valence electrons. The van der Waals surface area contributed by atoms with Crippen molar-refractivity contribution in [2.75, 3.05) is 53.0 Å². The Balaban J connectivity index is 0.00000480. The Morgan fingerprint density at radius 2 is 1.87 bits per heavy atom. The molecular weight excluding hydrogens is 503 g/mol.